The largest absolute Gasteiger partial charge is 0.468 e. The minimum atomic E-state index is -1.59. The Balaban J connectivity index is 2.39. The Morgan fingerprint density at radius 2 is 1.44 bits per heavy atom. The maximum absolute atomic E-state index is 12.4. The number of hydrogen-bond acceptors (Lipinski definition) is 5. The lowest BCUT2D eigenvalue weighted by molar-refractivity contribution is -0.161. The zero-order valence-electron chi connectivity index (χ0n) is 14.2. The van der Waals surface area contributed by atoms with Gasteiger partial charge in [-0.3, -0.25) is 9.59 Å². The summed E-state index contributed by atoms with van der Waals surface area (Å²) in [6.07, 6.45) is 1.55. The maximum atomic E-state index is 12.4. The predicted octanol–water partition coefficient (Wildman–Crippen LogP) is 3.64. The van der Waals surface area contributed by atoms with Gasteiger partial charge in [-0.25, -0.2) is 0 Å². The first kappa shape index (κ1) is 18.3. The van der Waals surface area contributed by atoms with Crippen molar-refractivity contribution in [3.05, 3.63) is 72.8 Å². The van der Waals surface area contributed by atoms with Crippen LogP contribution >= 0.6 is 0 Å². The quantitative estimate of drug-likeness (QED) is 0.437. The van der Waals surface area contributed by atoms with E-state index in [1.165, 1.54) is 20.3 Å². The third-order valence-corrected chi connectivity index (χ3v) is 3.84. The van der Waals surface area contributed by atoms with E-state index in [0.29, 0.717) is 17.1 Å². The Hall–Kier alpha value is -3.08. The molecule has 0 atom stereocenters. The number of benzene rings is 2. The lowest BCUT2D eigenvalue weighted by atomic mass is 9.77. The summed E-state index contributed by atoms with van der Waals surface area (Å²) in [7, 11) is 2.46. The molecule has 0 spiro atoms. The monoisotopic (exact) mass is 340 g/mol. The molecule has 0 saturated heterocycles. The summed E-state index contributed by atoms with van der Waals surface area (Å²) in [5.41, 5.74) is -1.14. The molecule has 0 fully saturated rings. The normalized spacial score (nSPS) is 10.6. The highest BCUT2D eigenvalue weighted by molar-refractivity contribution is 6.06. The van der Waals surface area contributed by atoms with Crippen LogP contribution in [0.2, 0.25) is 0 Å². The molecular weight excluding hydrogens is 320 g/mol. The summed E-state index contributed by atoms with van der Waals surface area (Å²) in [5, 5.41) is 0. The summed E-state index contributed by atoms with van der Waals surface area (Å²) >= 11 is 0. The molecule has 5 heteroatoms. The molecule has 2 aromatic carbocycles. The number of para-hydroxylation sites is 1. The van der Waals surface area contributed by atoms with Gasteiger partial charge in [0.15, 0.2) is 5.41 Å². The fourth-order valence-corrected chi connectivity index (χ4v) is 2.60. The Labute approximate surface area is 146 Å². The van der Waals surface area contributed by atoms with Crippen LogP contribution in [0, 0.1) is 0 Å². The van der Waals surface area contributed by atoms with E-state index in [1.807, 2.05) is 30.3 Å². The molecule has 0 aliphatic heterocycles. The average Bonchev–Trinajstić information content (AvgIpc) is 2.66. The van der Waals surface area contributed by atoms with Gasteiger partial charge >= 0.3 is 11.9 Å². The SMILES string of the molecule is C=CCC(C(=O)OC)(C(=O)OC)c1ccc(Oc2ccccc2)cc1. The molecule has 0 radical (unpaired) electrons. The standard InChI is InChI=1S/C20H20O5/c1-4-14-20(18(21)23-2,19(22)24-3)15-10-12-17(13-11-15)25-16-8-6-5-7-9-16/h4-13H,1,14H2,2-3H3. The number of carbonyl (C=O) groups is 2. The molecule has 0 bridgehead atoms. The second-order valence-corrected chi connectivity index (χ2v) is 5.32. The number of esters is 2. The van der Waals surface area contributed by atoms with Gasteiger partial charge in [0.25, 0.3) is 0 Å². The summed E-state index contributed by atoms with van der Waals surface area (Å²) in [6, 6.07) is 16.0. The van der Waals surface area contributed by atoms with E-state index in [2.05, 4.69) is 6.58 Å². The highest BCUT2D eigenvalue weighted by Crippen LogP contribution is 2.33. The van der Waals surface area contributed by atoms with Gasteiger partial charge in [0, 0.05) is 0 Å². The number of hydrogen-bond donors (Lipinski definition) is 0. The first-order valence-corrected chi connectivity index (χ1v) is 7.69. The van der Waals surface area contributed by atoms with Crippen LogP contribution in [0.4, 0.5) is 0 Å². The van der Waals surface area contributed by atoms with Crippen LogP contribution in [0.1, 0.15) is 12.0 Å². The van der Waals surface area contributed by atoms with Crippen molar-refractivity contribution >= 4 is 11.9 Å². The van der Waals surface area contributed by atoms with E-state index >= 15 is 0 Å². The van der Waals surface area contributed by atoms with E-state index in [0.717, 1.165) is 0 Å². The van der Waals surface area contributed by atoms with E-state index in [9.17, 15) is 9.59 Å². The van der Waals surface area contributed by atoms with E-state index in [1.54, 1.807) is 24.3 Å². The van der Waals surface area contributed by atoms with Gasteiger partial charge < -0.3 is 14.2 Å². The van der Waals surface area contributed by atoms with Crippen molar-refractivity contribution in [3.8, 4) is 11.5 Å². The molecule has 2 rings (SSSR count). The molecule has 0 N–H and O–H groups in total. The minimum Gasteiger partial charge on any atom is -0.468 e. The van der Waals surface area contributed by atoms with E-state index in [-0.39, 0.29) is 6.42 Å². The van der Waals surface area contributed by atoms with Gasteiger partial charge in [-0.15, -0.1) is 6.58 Å². The molecule has 0 unspecified atom stereocenters. The minimum absolute atomic E-state index is 0.0607. The molecular formula is C20H20O5. The van der Waals surface area contributed by atoms with E-state index < -0.39 is 17.4 Å². The first-order valence-electron chi connectivity index (χ1n) is 7.69. The van der Waals surface area contributed by atoms with Gasteiger partial charge in [-0.05, 0) is 36.2 Å². The maximum Gasteiger partial charge on any atom is 0.328 e. The fraction of sp³-hybridized carbons (Fsp3) is 0.200. The molecule has 0 aromatic heterocycles. The van der Waals surface area contributed by atoms with Gasteiger partial charge in [0.2, 0.25) is 0 Å². The summed E-state index contributed by atoms with van der Waals surface area (Å²) < 4.78 is 15.4. The number of rotatable bonds is 7. The van der Waals surface area contributed by atoms with Crippen molar-refractivity contribution in [2.45, 2.75) is 11.8 Å². The highest BCUT2D eigenvalue weighted by Gasteiger charge is 2.49. The molecule has 130 valence electrons. The van der Waals surface area contributed by atoms with Crippen molar-refractivity contribution in [3.63, 3.8) is 0 Å². The average molecular weight is 340 g/mol. The van der Waals surface area contributed by atoms with Crippen molar-refractivity contribution in [2.24, 2.45) is 0 Å². The second kappa shape index (κ2) is 8.15. The van der Waals surface area contributed by atoms with Crippen molar-refractivity contribution in [2.75, 3.05) is 14.2 Å². The van der Waals surface area contributed by atoms with Crippen LogP contribution in [0.25, 0.3) is 0 Å². The number of methoxy groups -OCH3 is 2. The van der Waals surface area contributed by atoms with Crippen molar-refractivity contribution in [1.29, 1.82) is 0 Å². The third kappa shape index (κ3) is 3.71. The smallest absolute Gasteiger partial charge is 0.328 e. The van der Waals surface area contributed by atoms with Crippen LogP contribution in [0.15, 0.2) is 67.3 Å². The van der Waals surface area contributed by atoms with E-state index in [4.69, 9.17) is 14.2 Å². The van der Waals surface area contributed by atoms with Crippen LogP contribution in [-0.2, 0) is 24.5 Å². The zero-order valence-corrected chi connectivity index (χ0v) is 14.2. The number of ether oxygens (including phenoxy) is 3. The molecule has 0 aliphatic carbocycles. The summed E-state index contributed by atoms with van der Waals surface area (Å²) in [4.78, 5) is 24.8. The molecule has 2 aromatic rings. The highest BCUT2D eigenvalue weighted by atomic mass is 16.5. The predicted molar refractivity (Wildman–Crippen MR) is 93.5 cm³/mol. The summed E-state index contributed by atoms with van der Waals surface area (Å²) in [6.45, 7) is 3.64. The second-order valence-electron chi connectivity index (χ2n) is 5.32. The fourth-order valence-electron chi connectivity index (χ4n) is 2.60. The number of allylic oxidation sites excluding steroid dienone is 1. The molecule has 0 amide bonds. The Bertz CT molecular complexity index is 718. The Morgan fingerprint density at radius 3 is 1.92 bits per heavy atom. The first-order chi connectivity index (χ1) is 12.1. The molecule has 25 heavy (non-hydrogen) atoms. The van der Waals surface area contributed by atoms with Crippen LogP contribution in [-0.4, -0.2) is 26.2 Å². The lowest BCUT2D eigenvalue weighted by Crippen LogP contribution is -2.45. The zero-order chi connectivity index (χ0) is 18.3. The van der Waals surface area contributed by atoms with Gasteiger partial charge in [-0.1, -0.05) is 36.4 Å². The topological polar surface area (TPSA) is 61.8 Å². The lowest BCUT2D eigenvalue weighted by Gasteiger charge is -2.27. The number of carbonyl (C=O) groups excluding carboxylic acids is 2. The Kier molecular flexibility index (Phi) is 5.95. The molecule has 5 nitrogen and oxygen atoms in total. The van der Waals surface area contributed by atoms with Gasteiger partial charge in [0.05, 0.1) is 14.2 Å². The summed E-state index contributed by atoms with van der Waals surface area (Å²) in [5.74, 6) is -0.127. The van der Waals surface area contributed by atoms with Crippen LogP contribution < -0.4 is 4.74 Å². The third-order valence-electron chi connectivity index (χ3n) is 3.84. The molecule has 0 heterocycles. The molecule has 0 saturated carbocycles. The van der Waals surface area contributed by atoms with Crippen molar-refractivity contribution < 1.29 is 23.8 Å². The molecule has 0 aliphatic rings. The van der Waals surface area contributed by atoms with Crippen molar-refractivity contribution in [1.82, 2.24) is 0 Å². The van der Waals surface area contributed by atoms with Gasteiger partial charge in [-0.2, -0.15) is 0 Å². The van der Waals surface area contributed by atoms with Gasteiger partial charge in [0.1, 0.15) is 11.5 Å². The van der Waals surface area contributed by atoms with Crippen LogP contribution in [0.5, 0.6) is 11.5 Å². The Morgan fingerprint density at radius 1 is 0.920 bits per heavy atom. The van der Waals surface area contributed by atoms with Crippen LogP contribution in [0.3, 0.4) is 0 Å².